The quantitative estimate of drug-likeness (QED) is 0.872. The first-order valence-electron chi connectivity index (χ1n) is 5.80. The Hall–Kier alpha value is -0.920. The molecule has 1 aliphatic rings. The molecule has 2 N–H and O–H groups in total. The van der Waals surface area contributed by atoms with Crippen molar-refractivity contribution in [2.45, 2.75) is 36.6 Å². The van der Waals surface area contributed by atoms with Crippen molar-refractivity contribution in [3.8, 4) is 0 Å². The molecule has 0 aromatic heterocycles. The fourth-order valence-electron chi connectivity index (χ4n) is 2.03. The fraction of sp³-hybridized carbons (Fsp3) is 0.417. The highest BCUT2D eigenvalue weighted by molar-refractivity contribution is 9.10. The SMILES string of the molecule is Cc1ccc(S(=O)(=O)NC2(C(=O)O)CCC2)c(Br)c1. The lowest BCUT2D eigenvalue weighted by atomic mass is 9.78. The van der Waals surface area contributed by atoms with E-state index in [0.29, 0.717) is 23.7 Å². The molecule has 0 aliphatic heterocycles. The van der Waals surface area contributed by atoms with E-state index in [1.807, 2.05) is 6.92 Å². The van der Waals surface area contributed by atoms with Crippen molar-refractivity contribution in [3.63, 3.8) is 0 Å². The van der Waals surface area contributed by atoms with Crippen LogP contribution in [-0.2, 0) is 14.8 Å². The number of halogens is 1. The first-order valence-corrected chi connectivity index (χ1v) is 8.08. The number of carboxylic acid groups (broad SMARTS) is 1. The van der Waals surface area contributed by atoms with Gasteiger partial charge in [0.15, 0.2) is 0 Å². The van der Waals surface area contributed by atoms with Gasteiger partial charge in [-0.25, -0.2) is 8.42 Å². The summed E-state index contributed by atoms with van der Waals surface area (Å²) in [7, 11) is -3.85. The Balaban J connectivity index is 2.35. The van der Waals surface area contributed by atoms with E-state index in [4.69, 9.17) is 5.11 Å². The number of rotatable bonds is 4. The lowest BCUT2D eigenvalue weighted by molar-refractivity contribution is -0.147. The molecule has 0 saturated heterocycles. The molecule has 0 unspecified atom stereocenters. The van der Waals surface area contributed by atoms with Crippen LogP contribution in [0.2, 0.25) is 0 Å². The highest BCUT2D eigenvalue weighted by Crippen LogP contribution is 2.34. The summed E-state index contributed by atoms with van der Waals surface area (Å²) in [6, 6.07) is 4.83. The van der Waals surface area contributed by atoms with Crippen LogP contribution in [0, 0.1) is 6.92 Å². The maximum absolute atomic E-state index is 12.3. The smallest absolute Gasteiger partial charge is 0.324 e. The summed E-state index contributed by atoms with van der Waals surface area (Å²) in [5.41, 5.74) is -0.425. The van der Waals surface area contributed by atoms with Gasteiger partial charge < -0.3 is 5.11 Å². The highest BCUT2D eigenvalue weighted by atomic mass is 79.9. The summed E-state index contributed by atoms with van der Waals surface area (Å²) in [5, 5.41) is 9.17. The lowest BCUT2D eigenvalue weighted by Gasteiger charge is -2.37. The van der Waals surface area contributed by atoms with Crippen LogP contribution < -0.4 is 4.72 Å². The summed E-state index contributed by atoms with van der Waals surface area (Å²) >= 11 is 3.20. The zero-order chi connectivity index (χ0) is 14.3. The van der Waals surface area contributed by atoms with Crippen molar-refractivity contribution in [3.05, 3.63) is 28.2 Å². The van der Waals surface area contributed by atoms with E-state index in [9.17, 15) is 13.2 Å². The molecule has 0 heterocycles. The third kappa shape index (κ3) is 2.68. The summed E-state index contributed by atoms with van der Waals surface area (Å²) in [5.74, 6) is -1.12. The maximum Gasteiger partial charge on any atom is 0.324 e. The van der Waals surface area contributed by atoms with Gasteiger partial charge in [0.05, 0.1) is 4.90 Å². The first kappa shape index (κ1) is 14.5. The van der Waals surface area contributed by atoms with E-state index in [-0.39, 0.29) is 4.90 Å². The van der Waals surface area contributed by atoms with E-state index in [1.54, 1.807) is 12.1 Å². The Morgan fingerprint density at radius 2 is 2.05 bits per heavy atom. The van der Waals surface area contributed by atoms with Gasteiger partial charge in [0.2, 0.25) is 10.0 Å². The summed E-state index contributed by atoms with van der Waals surface area (Å²) in [6.45, 7) is 1.85. The molecular formula is C12H14BrNO4S. The Labute approximate surface area is 120 Å². The van der Waals surface area contributed by atoms with Gasteiger partial charge >= 0.3 is 5.97 Å². The number of aliphatic carboxylic acids is 1. The largest absolute Gasteiger partial charge is 0.480 e. The number of nitrogens with one attached hydrogen (secondary N) is 1. The normalized spacial score (nSPS) is 17.8. The summed E-state index contributed by atoms with van der Waals surface area (Å²) in [6.07, 6.45) is 1.36. The molecule has 1 fully saturated rings. The molecule has 0 spiro atoms. The van der Waals surface area contributed by atoms with Crippen LogP contribution in [0.1, 0.15) is 24.8 Å². The van der Waals surface area contributed by atoms with E-state index < -0.39 is 21.5 Å². The standard InChI is InChI=1S/C12H14BrNO4S/c1-8-3-4-10(9(13)7-8)19(17,18)14-12(11(15)16)5-2-6-12/h3-4,7,14H,2,5-6H2,1H3,(H,15,16). The highest BCUT2D eigenvalue weighted by Gasteiger charge is 2.47. The van der Waals surface area contributed by atoms with E-state index >= 15 is 0 Å². The number of carbonyl (C=O) groups is 1. The predicted molar refractivity (Wildman–Crippen MR) is 73.4 cm³/mol. The minimum absolute atomic E-state index is 0.0608. The Morgan fingerprint density at radius 3 is 2.47 bits per heavy atom. The number of hydrogen-bond acceptors (Lipinski definition) is 3. The van der Waals surface area contributed by atoms with Gasteiger partial charge in [0.1, 0.15) is 5.54 Å². The Bertz CT molecular complexity index is 623. The van der Waals surface area contributed by atoms with Crippen molar-refractivity contribution in [2.75, 3.05) is 0 Å². The number of aryl methyl sites for hydroxylation is 1. The average molecular weight is 348 g/mol. The predicted octanol–water partition coefficient (Wildman–Crippen LogP) is 2.04. The van der Waals surface area contributed by atoms with Gasteiger partial charge in [-0.1, -0.05) is 6.07 Å². The Morgan fingerprint density at radius 1 is 1.42 bits per heavy atom. The molecular weight excluding hydrogens is 334 g/mol. The van der Waals surface area contributed by atoms with Crippen LogP contribution in [0.3, 0.4) is 0 Å². The van der Waals surface area contributed by atoms with Crippen LogP contribution in [0.4, 0.5) is 0 Å². The monoisotopic (exact) mass is 347 g/mol. The van der Waals surface area contributed by atoms with Crippen molar-refractivity contribution in [2.24, 2.45) is 0 Å². The molecule has 1 aromatic carbocycles. The van der Waals surface area contributed by atoms with Crippen LogP contribution in [-0.4, -0.2) is 25.0 Å². The van der Waals surface area contributed by atoms with Crippen molar-refractivity contribution >= 4 is 31.9 Å². The fourth-order valence-corrected chi connectivity index (χ4v) is 4.64. The molecule has 5 nitrogen and oxygen atoms in total. The van der Waals surface area contributed by atoms with E-state index in [2.05, 4.69) is 20.7 Å². The van der Waals surface area contributed by atoms with Gasteiger partial charge in [-0.05, 0) is 59.8 Å². The lowest BCUT2D eigenvalue weighted by Crippen LogP contribution is -2.58. The summed E-state index contributed by atoms with van der Waals surface area (Å²) < 4.78 is 27.3. The van der Waals surface area contributed by atoms with Crippen LogP contribution in [0.25, 0.3) is 0 Å². The zero-order valence-electron chi connectivity index (χ0n) is 10.3. The number of hydrogen-bond donors (Lipinski definition) is 2. The van der Waals surface area contributed by atoms with Gasteiger partial charge in [0.25, 0.3) is 0 Å². The molecule has 1 saturated carbocycles. The van der Waals surface area contributed by atoms with Gasteiger partial charge in [-0.2, -0.15) is 4.72 Å². The number of sulfonamides is 1. The molecule has 0 bridgehead atoms. The van der Waals surface area contributed by atoms with E-state index in [1.165, 1.54) is 6.07 Å². The molecule has 0 amide bonds. The molecule has 19 heavy (non-hydrogen) atoms. The number of benzene rings is 1. The molecule has 1 aromatic rings. The third-order valence-corrected chi connectivity index (χ3v) is 5.84. The molecule has 0 atom stereocenters. The molecule has 7 heteroatoms. The van der Waals surface area contributed by atoms with Crippen molar-refractivity contribution in [1.82, 2.24) is 4.72 Å². The topological polar surface area (TPSA) is 83.5 Å². The number of carboxylic acids is 1. The second-order valence-corrected chi connectivity index (χ2v) is 7.29. The van der Waals surface area contributed by atoms with Gasteiger partial charge in [0, 0.05) is 4.47 Å². The van der Waals surface area contributed by atoms with Crippen LogP contribution >= 0.6 is 15.9 Å². The second-order valence-electron chi connectivity index (χ2n) is 4.78. The minimum atomic E-state index is -3.85. The summed E-state index contributed by atoms with van der Waals surface area (Å²) in [4.78, 5) is 11.3. The zero-order valence-corrected chi connectivity index (χ0v) is 12.7. The minimum Gasteiger partial charge on any atom is -0.480 e. The molecule has 2 rings (SSSR count). The molecule has 0 radical (unpaired) electrons. The third-order valence-electron chi connectivity index (χ3n) is 3.32. The van der Waals surface area contributed by atoms with E-state index in [0.717, 1.165) is 5.56 Å². The molecule has 1 aliphatic carbocycles. The maximum atomic E-state index is 12.3. The average Bonchev–Trinajstić information content (AvgIpc) is 2.22. The van der Waals surface area contributed by atoms with Gasteiger partial charge in [-0.15, -0.1) is 0 Å². The van der Waals surface area contributed by atoms with Crippen LogP contribution in [0.15, 0.2) is 27.6 Å². The first-order chi connectivity index (χ1) is 8.77. The van der Waals surface area contributed by atoms with Crippen molar-refractivity contribution in [1.29, 1.82) is 0 Å². The van der Waals surface area contributed by atoms with Crippen molar-refractivity contribution < 1.29 is 18.3 Å². The van der Waals surface area contributed by atoms with Gasteiger partial charge in [-0.3, -0.25) is 4.79 Å². The second kappa shape index (κ2) is 4.88. The molecule has 104 valence electrons. The Kier molecular flexibility index (Phi) is 3.72. The van der Waals surface area contributed by atoms with Crippen LogP contribution in [0.5, 0.6) is 0 Å².